The Bertz CT molecular complexity index is 556. The predicted octanol–water partition coefficient (Wildman–Crippen LogP) is 0.694. The third-order valence-electron chi connectivity index (χ3n) is 1.64. The van der Waals surface area contributed by atoms with Gasteiger partial charge in [-0.05, 0) is 28.1 Å². The van der Waals surface area contributed by atoms with Crippen LogP contribution in [0.25, 0.3) is 0 Å². The second-order valence-corrected chi connectivity index (χ2v) is 3.26. The topological polar surface area (TPSA) is 65.6 Å². The van der Waals surface area contributed by atoms with Gasteiger partial charge in [-0.2, -0.15) is 15.2 Å². The number of rotatable bonds is 0. The van der Waals surface area contributed by atoms with Crippen LogP contribution in [0, 0.1) is 11.3 Å². The highest BCUT2D eigenvalue weighted by molar-refractivity contribution is 9.10. The molecular weight excluding hydrogens is 234 g/mol. The molecule has 0 bridgehead atoms. The summed E-state index contributed by atoms with van der Waals surface area (Å²) in [5, 5.41) is 9.60. The van der Waals surface area contributed by atoms with Crippen molar-refractivity contribution in [3.05, 3.63) is 32.9 Å². The molecule has 5 heteroatoms. The van der Waals surface area contributed by atoms with Crippen molar-refractivity contribution >= 4 is 22.0 Å². The molecule has 0 unspecified atom stereocenters. The third-order valence-corrected chi connectivity index (χ3v) is 2.30. The van der Waals surface area contributed by atoms with Gasteiger partial charge >= 0.3 is 6.03 Å². The Morgan fingerprint density at radius 1 is 1.38 bits per heavy atom. The van der Waals surface area contributed by atoms with E-state index in [1.807, 2.05) is 6.07 Å². The van der Waals surface area contributed by atoms with Crippen LogP contribution < -0.4 is 10.7 Å². The van der Waals surface area contributed by atoms with E-state index in [0.717, 1.165) is 0 Å². The van der Waals surface area contributed by atoms with Gasteiger partial charge in [0.1, 0.15) is 11.4 Å². The highest BCUT2D eigenvalue weighted by atomic mass is 79.9. The summed E-state index contributed by atoms with van der Waals surface area (Å²) < 4.78 is 0.627. The summed E-state index contributed by atoms with van der Waals surface area (Å²) in [6.45, 7) is 0. The van der Waals surface area contributed by atoms with Gasteiger partial charge in [-0.15, -0.1) is 0 Å². The van der Waals surface area contributed by atoms with Gasteiger partial charge in [0, 0.05) is 4.47 Å². The van der Waals surface area contributed by atoms with Crippen LogP contribution in [-0.4, -0.2) is 6.03 Å². The van der Waals surface area contributed by atoms with Gasteiger partial charge in [-0.1, -0.05) is 0 Å². The van der Waals surface area contributed by atoms with E-state index < -0.39 is 6.03 Å². The molecular formula is C8H2BrN3O. The minimum atomic E-state index is -0.551. The maximum Gasteiger partial charge on any atom is 0.368 e. The van der Waals surface area contributed by atoms with Crippen molar-refractivity contribution in [3.63, 3.8) is 0 Å². The zero-order valence-corrected chi connectivity index (χ0v) is 7.87. The van der Waals surface area contributed by atoms with Crippen molar-refractivity contribution in [3.8, 4) is 6.07 Å². The average molecular weight is 236 g/mol. The van der Waals surface area contributed by atoms with Gasteiger partial charge in [0.25, 0.3) is 0 Å². The van der Waals surface area contributed by atoms with Gasteiger partial charge in [-0.25, -0.2) is 4.79 Å². The minimum absolute atomic E-state index is 0.354. The number of benzene rings is 1. The fraction of sp³-hybridized carbons (Fsp3) is 0. The summed E-state index contributed by atoms with van der Waals surface area (Å²) in [5.41, 5.74) is 0.354. The largest absolute Gasteiger partial charge is 0.368 e. The maximum atomic E-state index is 10.8. The van der Waals surface area contributed by atoms with Crippen LogP contribution >= 0.6 is 15.9 Å². The van der Waals surface area contributed by atoms with Crippen molar-refractivity contribution in [1.82, 2.24) is 0 Å². The highest BCUT2D eigenvalue weighted by Crippen LogP contribution is 2.09. The van der Waals surface area contributed by atoms with Gasteiger partial charge in [0.05, 0.1) is 10.9 Å². The monoisotopic (exact) mass is 235 g/mol. The molecule has 2 amide bonds. The van der Waals surface area contributed by atoms with E-state index in [2.05, 4.69) is 25.9 Å². The van der Waals surface area contributed by atoms with Crippen LogP contribution in [0.4, 0.5) is 4.79 Å². The number of halogens is 1. The smallest absolute Gasteiger partial charge is 0.244 e. The summed E-state index contributed by atoms with van der Waals surface area (Å²) in [4.78, 5) is 18.1. The highest BCUT2D eigenvalue weighted by Gasteiger charge is 2.10. The lowest BCUT2D eigenvalue weighted by Crippen LogP contribution is -2.24. The van der Waals surface area contributed by atoms with E-state index in [1.165, 1.54) is 0 Å². The van der Waals surface area contributed by atoms with Crippen molar-refractivity contribution in [2.45, 2.75) is 0 Å². The Morgan fingerprint density at radius 2 is 2.15 bits per heavy atom. The van der Waals surface area contributed by atoms with Gasteiger partial charge in [0.15, 0.2) is 0 Å². The lowest BCUT2D eigenvalue weighted by Gasteiger charge is -1.90. The minimum Gasteiger partial charge on any atom is -0.244 e. The summed E-state index contributed by atoms with van der Waals surface area (Å²) in [6, 6.07) is 4.74. The van der Waals surface area contributed by atoms with Gasteiger partial charge < -0.3 is 0 Å². The number of carbonyl (C=O) groups excluding carboxylic acids is 1. The molecule has 2 rings (SSSR count). The molecule has 0 atom stereocenters. The zero-order valence-electron chi connectivity index (χ0n) is 6.28. The molecule has 13 heavy (non-hydrogen) atoms. The van der Waals surface area contributed by atoms with Crippen molar-refractivity contribution in [1.29, 1.82) is 5.26 Å². The first-order valence-electron chi connectivity index (χ1n) is 3.42. The normalized spacial score (nSPS) is 12.8. The van der Waals surface area contributed by atoms with Crippen LogP contribution in [0.3, 0.4) is 0 Å². The molecule has 1 aliphatic heterocycles. The molecule has 0 fully saturated rings. The predicted molar refractivity (Wildman–Crippen MR) is 46.6 cm³/mol. The Morgan fingerprint density at radius 3 is 2.85 bits per heavy atom. The SMILES string of the molecule is N#Cc1c(Br)ccc2c1=NC(=O)N=2. The van der Waals surface area contributed by atoms with E-state index in [9.17, 15) is 4.79 Å². The van der Waals surface area contributed by atoms with Crippen molar-refractivity contribution in [2.75, 3.05) is 0 Å². The second-order valence-electron chi connectivity index (χ2n) is 2.41. The van der Waals surface area contributed by atoms with Crippen LogP contribution in [0.2, 0.25) is 0 Å². The summed E-state index contributed by atoms with van der Waals surface area (Å²) >= 11 is 3.19. The Labute approximate surface area is 81.4 Å². The van der Waals surface area contributed by atoms with E-state index in [4.69, 9.17) is 5.26 Å². The van der Waals surface area contributed by atoms with Crippen molar-refractivity contribution < 1.29 is 4.79 Å². The Balaban J connectivity index is 2.99. The van der Waals surface area contributed by atoms with Crippen LogP contribution in [0.1, 0.15) is 5.56 Å². The van der Waals surface area contributed by atoms with Gasteiger partial charge in [0.2, 0.25) is 0 Å². The third kappa shape index (κ3) is 1.15. The molecule has 0 radical (unpaired) electrons. The first-order valence-corrected chi connectivity index (χ1v) is 4.21. The number of amides is 2. The van der Waals surface area contributed by atoms with Crippen LogP contribution in [0.15, 0.2) is 26.6 Å². The Kier molecular flexibility index (Phi) is 1.71. The molecule has 4 nitrogen and oxygen atoms in total. The standard InChI is InChI=1S/C8H2BrN3O/c9-5-1-2-6-7(4(5)3-10)12-8(13)11-6/h1-2H. The molecule has 1 aromatic rings. The first-order chi connectivity index (χ1) is 6.22. The quantitative estimate of drug-likeness (QED) is 0.665. The second kappa shape index (κ2) is 2.75. The number of nitrogens with zero attached hydrogens (tertiary/aromatic N) is 3. The fourth-order valence-electron chi connectivity index (χ4n) is 1.09. The molecule has 0 saturated carbocycles. The number of nitriles is 1. The molecule has 62 valence electrons. The zero-order chi connectivity index (χ0) is 9.42. The van der Waals surface area contributed by atoms with Crippen molar-refractivity contribution in [2.24, 2.45) is 9.98 Å². The molecule has 1 aliphatic rings. The molecule has 0 aromatic heterocycles. The molecule has 0 saturated heterocycles. The number of fused-ring (bicyclic) bond motifs is 1. The number of hydrogen-bond acceptors (Lipinski definition) is 2. The molecule has 0 aliphatic carbocycles. The summed E-state index contributed by atoms with van der Waals surface area (Å²) in [6.07, 6.45) is 0. The lowest BCUT2D eigenvalue weighted by molar-refractivity contribution is 0.256. The van der Waals surface area contributed by atoms with E-state index in [0.29, 0.717) is 20.8 Å². The van der Waals surface area contributed by atoms with Crippen LogP contribution in [0.5, 0.6) is 0 Å². The first kappa shape index (κ1) is 8.08. The maximum absolute atomic E-state index is 10.8. The molecule has 0 spiro atoms. The van der Waals surface area contributed by atoms with E-state index in [-0.39, 0.29) is 0 Å². The molecule has 0 N–H and O–H groups in total. The average Bonchev–Trinajstić information content (AvgIpc) is 2.45. The lowest BCUT2D eigenvalue weighted by atomic mass is 10.2. The fourth-order valence-corrected chi connectivity index (χ4v) is 1.50. The van der Waals surface area contributed by atoms with E-state index >= 15 is 0 Å². The van der Waals surface area contributed by atoms with E-state index in [1.54, 1.807) is 12.1 Å². The van der Waals surface area contributed by atoms with Gasteiger partial charge in [-0.3, -0.25) is 0 Å². The summed E-state index contributed by atoms with van der Waals surface area (Å²) in [5.74, 6) is 0. The molecule has 1 aromatic carbocycles. The Hall–Kier alpha value is -1.54. The number of carbonyl (C=O) groups is 1. The molecule has 1 heterocycles. The number of urea groups is 1. The summed E-state index contributed by atoms with van der Waals surface area (Å²) in [7, 11) is 0. The van der Waals surface area contributed by atoms with Crippen LogP contribution in [-0.2, 0) is 0 Å². The number of hydrogen-bond donors (Lipinski definition) is 0.